The minimum atomic E-state index is -0.132. The zero-order chi connectivity index (χ0) is 22.3. The molecule has 3 aromatic carbocycles. The molecule has 0 aliphatic rings. The number of carbonyl (C=O) groups is 2. The smallest absolute Gasteiger partial charge is 0.261 e. The van der Waals surface area contributed by atoms with Gasteiger partial charge in [0.05, 0.1) is 12.0 Å². The van der Waals surface area contributed by atoms with Crippen LogP contribution in [0.5, 0.6) is 5.75 Å². The first-order valence-electron chi connectivity index (χ1n) is 10.4. The maximum absolute atomic E-state index is 12.4. The predicted molar refractivity (Wildman–Crippen MR) is 130 cm³/mol. The van der Waals surface area contributed by atoms with Gasteiger partial charge in [-0.05, 0) is 47.7 Å². The van der Waals surface area contributed by atoms with Gasteiger partial charge in [-0.2, -0.15) is 0 Å². The van der Waals surface area contributed by atoms with Crippen LogP contribution in [0.1, 0.15) is 26.5 Å². The van der Waals surface area contributed by atoms with Crippen LogP contribution in [0.4, 0.5) is 0 Å². The van der Waals surface area contributed by atoms with Gasteiger partial charge in [-0.25, -0.2) is 0 Å². The van der Waals surface area contributed by atoms with Crippen molar-refractivity contribution in [3.8, 4) is 16.9 Å². The number of ether oxygens (including phenoxy) is 1. The molecule has 0 saturated heterocycles. The van der Waals surface area contributed by atoms with Crippen molar-refractivity contribution in [2.75, 3.05) is 20.2 Å². The number of thiophene rings is 1. The molecule has 0 bridgehead atoms. The number of nitrogens with one attached hydrogen (secondary N) is 2. The highest BCUT2D eigenvalue weighted by Gasteiger charge is 2.10. The van der Waals surface area contributed by atoms with E-state index < -0.39 is 0 Å². The fourth-order valence-corrected chi connectivity index (χ4v) is 4.44. The van der Waals surface area contributed by atoms with Gasteiger partial charge in [-0.1, -0.05) is 48.5 Å². The Morgan fingerprint density at radius 2 is 1.53 bits per heavy atom. The molecular weight excluding hydrogens is 420 g/mol. The summed E-state index contributed by atoms with van der Waals surface area (Å²) in [7, 11) is 1.64. The van der Waals surface area contributed by atoms with E-state index in [9.17, 15) is 9.59 Å². The summed E-state index contributed by atoms with van der Waals surface area (Å²) in [6.45, 7) is 0.986. The molecule has 6 heteroatoms. The zero-order valence-electron chi connectivity index (χ0n) is 17.8. The highest BCUT2D eigenvalue weighted by molar-refractivity contribution is 7.20. The second kappa shape index (κ2) is 10.1. The molecular formula is C26H24N2O3S. The lowest BCUT2D eigenvalue weighted by atomic mass is 10.0. The fourth-order valence-electron chi connectivity index (χ4n) is 3.46. The van der Waals surface area contributed by atoms with Crippen LogP contribution in [0, 0.1) is 0 Å². The van der Waals surface area contributed by atoms with Gasteiger partial charge in [-0.3, -0.25) is 9.59 Å². The largest absolute Gasteiger partial charge is 0.496 e. The van der Waals surface area contributed by atoms with Crippen molar-refractivity contribution in [3.63, 3.8) is 0 Å². The quantitative estimate of drug-likeness (QED) is 0.370. The molecule has 4 rings (SSSR count). The van der Waals surface area contributed by atoms with Crippen molar-refractivity contribution >= 4 is 33.2 Å². The topological polar surface area (TPSA) is 67.4 Å². The average molecular weight is 445 g/mol. The Kier molecular flexibility index (Phi) is 6.82. The number of hydrogen-bond donors (Lipinski definition) is 2. The molecule has 4 aromatic rings. The average Bonchev–Trinajstić information content (AvgIpc) is 3.28. The maximum Gasteiger partial charge on any atom is 0.261 e. The minimum absolute atomic E-state index is 0.0792. The number of fused-ring (bicyclic) bond motifs is 1. The highest BCUT2D eigenvalue weighted by Crippen LogP contribution is 2.29. The van der Waals surface area contributed by atoms with E-state index in [1.54, 1.807) is 19.2 Å². The van der Waals surface area contributed by atoms with Gasteiger partial charge in [0.25, 0.3) is 11.8 Å². The van der Waals surface area contributed by atoms with Gasteiger partial charge in [0.1, 0.15) is 5.75 Å². The first-order valence-corrected chi connectivity index (χ1v) is 11.3. The van der Waals surface area contributed by atoms with Gasteiger partial charge in [-0.15, -0.1) is 11.3 Å². The van der Waals surface area contributed by atoms with Crippen LogP contribution in [0.25, 0.3) is 21.2 Å². The Bertz CT molecular complexity index is 1200. The van der Waals surface area contributed by atoms with E-state index in [0.717, 1.165) is 27.0 Å². The maximum atomic E-state index is 12.4. The first kappa shape index (κ1) is 21.6. The second-order valence-electron chi connectivity index (χ2n) is 7.29. The Morgan fingerprint density at radius 3 is 2.28 bits per heavy atom. The normalized spacial score (nSPS) is 10.7. The lowest BCUT2D eigenvalue weighted by Gasteiger charge is -2.09. The van der Waals surface area contributed by atoms with Crippen LogP contribution in [-0.2, 0) is 0 Å². The molecule has 2 N–H and O–H groups in total. The molecule has 1 heterocycles. The number of methoxy groups -OCH3 is 1. The summed E-state index contributed by atoms with van der Waals surface area (Å²) in [4.78, 5) is 25.4. The Morgan fingerprint density at radius 1 is 0.844 bits per heavy atom. The molecule has 32 heavy (non-hydrogen) atoms. The van der Waals surface area contributed by atoms with Crippen LogP contribution < -0.4 is 15.4 Å². The number of amides is 2. The highest BCUT2D eigenvalue weighted by atomic mass is 32.1. The summed E-state index contributed by atoms with van der Waals surface area (Å²) in [5.74, 6) is 0.583. The molecule has 0 aliphatic carbocycles. The minimum Gasteiger partial charge on any atom is -0.496 e. The first-order chi connectivity index (χ1) is 15.7. The molecule has 2 amide bonds. The number of hydrogen-bond acceptors (Lipinski definition) is 4. The van der Waals surface area contributed by atoms with E-state index >= 15 is 0 Å². The molecule has 0 unspecified atom stereocenters. The van der Waals surface area contributed by atoms with E-state index in [1.807, 2.05) is 66.7 Å². The van der Waals surface area contributed by atoms with Crippen molar-refractivity contribution in [1.82, 2.24) is 10.6 Å². The molecule has 0 saturated carbocycles. The van der Waals surface area contributed by atoms with Gasteiger partial charge < -0.3 is 15.4 Å². The monoisotopic (exact) mass is 444 g/mol. The molecule has 0 atom stereocenters. The standard InChI is InChI=1S/C26H24N2O3S/c1-31-22-9-4-3-8-21(22)18-11-13-19(14-12-18)25(29)27-15-6-16-28-26(30)24-17-20-7-2-5-10-23(20)32-24/h2-5,7-14,17H,6,15-16H2,1H3,(H,27,29)(H,28,30). The van der Waals surface area contributed by atoms with Crippen molar-refractivity contribution in [1.29, 1.82) is 0 Å². The zero-order valence-corrected chi connectivity index (χ0v) is 18.6. The second-order valence-corrected chi connectivity index (χ2v) is 8.38. The van der Waals surface area contributed by atoms with Gasteiger partial charge >= 0.3 is 0 Å². The lowest BCUT2D eigenvalue weighted by molar-refractivity contribution is 0.0953. The van der Waals surface area contributed by atoms with Crippen LogP contribution >= 0.6 is 11.3 Å². The molecule has 1 aromatic heterocycles. The fraction of sp³-hybridized carbons (Fsp3) is 0.154. The van der Waals surface area contributed by atoms with Crippen LogP contribution in [0.2, 0.25) is 0 Å². The van der Waals surface area contributed by atoms with Gasteiger partial charge in [0.2, 0.25) is 0 Å². The van der Waals surface area contributed by atoms with E-state index in [1.165, 1.54) is 11.3 Å². The van der Waals surface area contributed by atoms with Gasteiger partial charge in [0.15, 0.2) is 0 Å². The third-order valence-corrected chi connectivity index (χ3v) is 6.25. The summed E-state index contributed by atoms with van der Waals surface area (Å²) in [5, 5.41) is 6.90. The number of rotatable bonds is 8. The Labute approximate surface area is 191 Å². The molecule has 0 radical (unpaired) electrons. The number of para-hydroxylation sites is 1. The van der Waals surface area contributed by atoms with E-state index in [2.05, 4.69) is 10.6 Å². The SMILES string of the molecule is COc1ccccc1-c1ccc(C(=O)NCCCNC(=O)c2cc3ccccc3s2)cc1. The van der Waals surface area contributed by atoms with E-state index in [0.29, 0.717) is 30.0 Å². The van der Waals surface area contributed by atoms with E-state index in [4.69, 9.17) is 4.74 Å². The molecule has 162 valence electrons. The Balaban J connectivity index is 1.24. The van der Waals surface area contributed by atoms with Crippen molar-refractivity contribution < 1.29 is 14.3 Å². The molecule has 5 nitrogen and oxygen atoms in total. The van der Waals surface area contributed by atoms with Crippen molar-refractivity contribution in [2.45, 2.75) is 6.42 Å². The number of carbonyl (C=O) groups excluding carboxylic acids is 2. The number of benzene rings is 3. The summed E-state index contributed by atoms with van der Waals surface area (Å²) in [6.07, 6.45) is 0.654. The Hall–Kier alpha value is -3.64. The van der Waals surface area contributed by atoms with Crippen LogP contribution in [0.3, 0.4) is 0 Å². The molecule has 0 aliphatic heterocycles. The molecule has 0 spiro atoms. The molecule has 0 fully saturated rings. The third-order valence-electron chi connectivity index (χ3n) is 5.14. The summed E-state index contributed by atoms with van der Waals surface area (Å²) in [5.41, 5.74) is 2.57. The summed E-state index contributed by atoms with van der Waals surface area (Å²) in [6, 6.07) is 25.1. The van der Waals surface area contributed by atoms with Crippen LogP contribution in [0.15, 0.2) is 78.9 Å². The van der Waals surface area contributed by atoms with Crippen LogP contribution in [-0.4, -0.2) is 32.0 Å². The van der Waals surface area contributed by atoms with Gasteiger partial charge in [0, 0.05) is 28.9 Å². The summed E-state index contributed by atoms with van der Waals surface area (Å²) >= 11 is 1.48. The summed E-state index contributed by atoms with van der Waals surface area (Å²) < 4.78 is 6.50. The van der Waals surface area contributed by atoms with E-state index in [-0.39, 0.29) is 11.8 Å². The van der Waals surface area contributed by atoms with Crippen molar-refractivity contribution in [3.05, 3.63) is 89.3 Å². The lowest BCUT2D eigenvalue weighted by Crippen LogP contribution is -2.29. The predicted octanol–water partition coefficient (Wildman–Crippen LogP) is 5.13. The third kappa shape index (κ3) is 4.98. The van der Waals surface area contributed by atoms with Crippen molar-refractivity contribution in [2.24, 2.45) is 0 Å².